The van der Waals surface area contributed by atoms with E-state index < -0.39 is 0 Å². The van der Waals surface area contributed by atoms with Gasteiger partial charge in [-0.05, 0) is 20.0 Å². The number of nitrogens with zero attached hydrogens (tertiary/aromatic N) is 2. The summed E-state index contributed by atoms with van der Waals surface area (Å²) in [7, 11) is 2.15. The fourth-order valence-electron chi connectivity index (χ4n) is 1.74. The lowest BCUT2D eigenvalue weighted by Crippen LogP contribution is -2.29. The first-order valence-corrected chi connectivity index (χ1v) is 7.53. The summed E-state index contributed by atoms with van der Waals surface area (Å²) in [5.41, 5.74) is 3.08. The van der Waals surface area contributed by atoms with Crippen molar-refractivity contribution in [3.8, 4) is 0 Å². The molecule has 98 valence electrons. The highest BCUT2D eigenvalue weighted by molar-refractivity contribution is 7.07. The van der Waals surface area contributed by atoms with Gasteiger partial charge in [-0.3, -0.25) is 4.90 Å². The Morgan fingerprint density at radius 1 is 1.29 bits per heavy atom. The average Bonchev–Trinajstić information content (AvgIpc) is 2.80. The zero-order valence-corrected chi connectivity index (χ0v) is 11.9. The van der Waals surface area contributed by atoms with E-state index >= 15 is 0 Å². The lowest BCUT2D eigenvalue weighted by molar-refractivity contribution is 0.321. The van der Waals surface area contributed by atoms with E-state index in [0.29, 0.717) is 0 Å². The van der Waals surface area contributed by atoms with Gasteiger partial charge in [-0.2, -0.15) is 0 Å². The van der Waals surface area contributed by atoms with Crippen LogP contribution < -0.4 is 5.32 Å². The third kappa shape index (κ3) is 7.47. The largest absolute Gasteiger partial charge is 0.315 e. The molecule has 0 aromatic carbocycles. The molecule has 1 N–H and O–H groups in total. The minimum absolute atomic E-state index is 0.959. The first-order chi connectivity index (χ1) is 8.33. The van der Waals surface area contributed by atoms with Crippen molar-refractivity contribution in [1.29, 1.82) is 0 Å². The molecule has 1 rings (SSSR count). The zero-order valence-electron chi connectivity index (χ0n) is 11.1. The summed E-state index contributed by atoms with van der Waals surface area (Å²) in [5.74, 6) is 0. The van der Waals surface area contributed by atoms with Gasteiger partial charge in [-0.15, -0.1) is 11.3 Å². The highest BCUT2D eigenvalue weighted by Crippen LogP contribution is 2.03. The van der Waals surface area contributed by atoms with E-state index in [0.717, 1.165) is 26.2 Å². The first kappa shape index (κ1) is 14.6. The molecular weight excluding hydrogens is 230 g/mol. The Bertz CT molecular complexity index is 262. The predicted octanol–water partition coefficient (Wildman–Crippen LogP) is 2.74. The number of hydrogen-bond donors (Lipinski definition) is 1. The molecule has 1 aromatic rings. The molecule has 0 saturated heterocycles. The summed E-state index contributed by atoms with van der Waals surface area (Å²) in [5, 5.41) is 5.62. The van der Waals surface area contributed by atoms with Gasteiger partial charge in [0.2, 0.25) is 0 Å². The molecule has 0 radical (unpaired) electrons. The van der Waals surface area contributed by atoms with Crippen LogP contribution in [0.2, 0.25) is 0 Å². The smallest absolute Gasteiger partial charge is 0.0795 e. The first-order valence-electron chi connectivity index (χ1n) is 6.59. The number of rotatable bonds is 10. The van der Waals surface area contributed by atoms with Crippen LogP contribution >= 0.6 is 11.3 Å². The Hall–Kier alpha value is -0.450. The van der Waals surface area contributed by atoms with Crippen LogP contribution in [0.3, 0.4) is 0 Å². The van der Waals surface area contributed by atoms with E-state index in [1.807, 2.05) is 5.51 Å². The van der Waals surface area contributed by atoms with Crippen molar-refractivity contribution < 1.29 is 0 Å². The fraction of sp³-hybridized carbons (Fsp3) is 0.769. The third-order valence-electron chi connectivity index (χ3n) is 2.79. The van der Waals surface area contributed by atoms with Crippen LogP contribution in [-0.4, -0.2) is 36.6 Å². The molecule has 0 spiro atoms. The number of hydrogen-bond acceptors (Lipinski definition) is 4. The Morgan fingerprint density at radius 3 is 2.88 bits per heavy atom. The molecule has 4 heteroatoms. The highest BCUT2D eigenvalue weighted by atomic mass is 32.1. The van der Waals surface area contributed by atoms with E-state index in [4.69, 9.17) is 0 Å². The average molecular weight is 255 g/mol. The summed E-state index contributed by atoms with van der Waals surface area (Å²) in [6.45, 7) is 6.53. The van der Waals surface area contributed by atoms with Crippen molar-refractivity contribution >= 4 is 11.3 Å². The van der Waals surface area contributed by atoms with Crippen LogP contribution in [0.15, 0.2) is 10.9 Å². The molecule has 1 heterocycles. The van der Waals surface area contributed by atoms with E-state index in [2.05, 4.69) is 34.6 Å². The Labute approximate surface area is 109 Å². The molecule has 0 fully saturated rings. The van der Waals surface area contributed by atoms with Crippen molar-refractivity contribution in [2.24, 2.45) is 0 Å². The minimum atomic E-state index is 0.959. The van der Waals surface area contributed by atoms with Crippen molar-refractivity contribution in [2.75, 3.05) is 26.7 Å². The topological polar surface area (TPSA) is 28.2 Å². The summed E-state index contributed by atoms with van der Waals surface area (Å²) < 4.78 is 0. The van der Waals surface area contributed by atoms with Crippen LogP contribution in [0, 0.1) is 0 Å². The molecule has 0 aliphatic carbocycles. The quantitative estimate of drug-likeness (QED) is 0.652. The van der Waals surface area contributed by atoms with Gasteiger partial charge >= 0.3 is 0 Å². The SMILES string of the molecule is CCCCCCNCCN(C)Cc1cscn1. The predicted molar refractivity (Wildman–Crippen MR) is 75.5 cm³/mol. The summed E-state index contributed by atoms with van der Waals surface area (Å²) >= 11 is 1.67. The monoisotopic (exact) mass is 255 g/mol. The maximum atomic E-state index is 4.29. The fourth-order valence-corrected chi connectivity index (χ4v) is 2.29. The number of nitrogens with one attached hydrogen (secondary N) is 1. The van der Waals surface area contributed by atoms with E-state index in [1.165, 1.54) is 31.4 Å². The zero-order chi connectivity index (χ0) is 12.3. The second-order valence-electron chi connectivity index (χ2n) is 4.53. The second kappa shape index (κ2) is 9.57. The Morgan fingerprint density at radius 2 is 2.18 bits per heavy atom. The van der Waals surface area contributed by atoms with E-state index in [-0.39, 0.29) is 0 Å². The molecular formula is C13H25N3S. The van der Waals surface area contributed by atoms with Gasteiger partial charge < -0.3 is 5.32 Å². The van der Waals surface area contributed by atoms with Crippen LogP contribution in [0.25, 0.3) is 0 Å². The number of thiazole rings is 1. The van der Waals surface area contributed by atoms with Gasteiger partial charge in [0.1, 0.15) is 0 Å². The summed E-state index contributed by atoms with van der Waals surface area (Å²) in [4.78, 5) is 6.60. The standard InChI is InChI=1S/C13H25N3S/c1-3-4-5-6-7-14-8-9-16(2)10-13-11-17-12-15-13/h11-12,14H,3-10H2,1-2H3. The van der Waals surface area contributed by atoms with Crippen molar-refractivity contribution in [3.05, 3.63) is 16.6 Å². The molecule has 0 aliphatic heterocycles. The molecule has 0 amide bonds. The molecule has 3 nitrogen and oxygen atoms in total. The van der Waals surface area contributed by atoms with Gasteiger partial charge in [-0.1, -0.05) is 26.2 Å². The van der Waals surface area contributed by atoms with Gasteiger partial charge in [0.15, 0.2) is 0 Å². The lowest BCUT2D eigenvalue weighted by Gasteiger charge is -2.15. The maximum Gasteiger partial charge on any atom is 0.0795 e. The van der Waals surface area contributed by atoms with E-state index in [1.54, 1.807) is 11.3 Å². The Kier molecular flexibility index (Phi) is 8.22. The van der Waals surface area contributed by atoms with E-state index in [9.17, 15) is 0 Å². The number of unbranched alkanes of at least 4 members (excludes halogenated alkanes) is 3. The minimum Gasteiger partial charge on any atom is -0.315 e. The number of likely N-dealkylation sites (N-methyl/N-ethyl adjacent to an activating group) is 1. The van der Waals surface area contributed by atoms with Gasteiger partial charge in [-0.25, -0.2) is 4.98 Å². The third-order valence-corrected chi connectivity index (χ3v) is 3.43. The molecule has 17 heavy (non-hydrogen) atoms. The molecule has 0 saturated carbocycles. The summed E-state index contributed by atoms with van der Waals surface area (Å²) in [6, 6.07) is 0. The molecule has 0 unspecified atom stereocenters. The van der Waals surface area contributed by atoms with Gasteiger partial charge in [0.05, 0.1) is 11.2 Å². The van der Waals surface area contributed by atoms with Crippen molar-refractivity contribution in [3.63, 3.8) is 0 Å². The molecule has 0 atom stereocenters. The normalized spacial score (nSPS) is 11.2. The molecule has 0 aliphatic rings. The number of aromatic nitrogens is 1. The molecule has 1 aromatic heterocycles. The van der Waals surface area contributed by atoms with Crippen LogP contribution in [-0.2, 0) is 6.54 Å². The van der Waals surface area contributed by atoms with Crippen molar-refractivity contribution in [2.45, 2.75) is 39.2 Å². The van der Waals surface area contributed by atoms with Crippen molar-refractivity contribution in [1.82, 2.24) is 15.2 Å². The molecule has 0 bridgehead atoms. The van der Waals surface area contributed by atoms with Gasteiger partial charge in [0, 0.05) is 25.0 Å². The summed E-state index contributed by atoms with van der Waals surface area (Å²) in [6.07, 6.45) is 5.35. The lowest BCUT2D eigenvalue weighted by atomic mass is 10.2. The highest BCUT2D eigenvalue weighted by Gasteiger charge is 2.00. The van der Waals surface area contributed by atoms with Gasteiger partial charge in [0.25, 0.3) is 0 Å². The Balaban J connectivity index is 1.92. The van der Waals surface area contributed by atoms with Crippen LogP contribution in [0.1, 0.15) is 38.3 Å². The maximum absolute atomic E-state index is 4.29. The van der Waals surface area contributed by atoms with Crippen LogP contribution in [0.4, 0.5) is 0 Å². The van der Waals surface area contributed by atoms with Crippen LogP contribution in [0.5, 0.6) is 0 Å². The second-order valence-corrected chi connectivity index (χ2v) is 5.25.